The van der Waals surface area contributed by atoms with Crippen LogP contribution in [0.15, 0.2) is 18.2 Å². The van der Waals surface area contributed by atoms with Gasteiger partial charge in [0.1, 0.15) is 0 Å². The number of carbonyl (C=O) groups excluding carboxylic acids is 4. The van der Waals surface area contributed by atoms with E-state index < -0.39 is 0 Å². The lowest BCUT2D eigenvalue weighted by atomic mass is 10.0. The van der Waals surface area contributed by atoms with Crippen molar-refractivity contribution in [2.75, 3.05) is 13.1 Å². The minimum atomic E-state index is -0.346. The van der Waals surface area contributed by atoms with Crippen LogP contribution in [-0.2, 0) is 4.79 Å². The molecule has 1 N–H and O–H groups in total. The van der Waals surface area contributed by atoms with E-state index in [-0.39, 0.29) is 35.7 Å². The third-order valence-electron chi connectivity index (χ3n) is 5.42. The predicted octanol–water partition coefficient (Wildman–Crippen LogP) is 2.46. The van der Waals surface area contributed by atoms with E-state index in [2.05, 4.69) is 5.32 Å². The van der Waals surface area contributed by atoms with Gasteiger partial charge in [-0.1, -0.05) is 13.8 Å². The molecule has 1 saturated heterocycles. The molecule has 0 atom stereocenters. The van der Waals surface area contributed by atoms with Crippen LogP contribution in [0.3, 0.4) is 0 Å². The molecule has 2 heterocycles. The molecule has 1 aromatic carbocycles. The van der Waals surface area contributed by atoms with E-state index in [4.69, 9.17) is 0 Å². The Morgan fingerprint density at radius 3 is 2.24 bits per heavy atom. The van der Waals surface area contributed by atoms with E-state index >= 15 is 0 Å². The average molecular weight is 399 g/mol. The first-order valence-electron chi connectivity index (χ1n) is 10.3. The zero-order valence-electron chi connectivity index (χ0n) is 17.5. The van der Waals surface area contributed by atoms with Crippen molar-refractivity contribution < 1.29 is 19.2 Å². The summed E-state index contributed by atoms with van der Waals surface area (Å²) in [4.78, 5) is 52.8. The zero-order chi connectivity index (χ0) is 21.3. The fraction of sp³-hybridized carbons (Fsp3) is 0.545. The number of likely N-dealkylation sites (tertiary alicyclic amines) is 1. The lowest BCUT2D eigenvalue weighted by Crippen LogP contribution is -2.46. The van der Waals surface area contributed by atoms with Crippen molar-refractivity contribution in [3.05, 3.63) is 34.9 Å². The van der Waals surface area contributed by atoms with Crippen LogP contribution >= 0.6 is 0 Å². The summed E-state index contributed by atoms with van der Waals surface area (Å²) in [6.07, 6.45) is 1.92. The number of rotatable bonds is 5. The highest BCUT2D eigenvalue weighted by atomic mass is 16.2. The van der Waals surface area contributed by atoms with Gasteiger partial charge in [-0.25, -0.2) is 0 Å². The number of hydrogen-bond acceptors (Lipinski definition) is 4. The van der Waals surface area contributed by atoms with Gasteiger partial charge < -0.3 is 10.2 Å². The number of fused-ring (bicyclic) bond motifs is 1. The highest BCUT2D eigenvalue weighted by molar-refractivity contribution is 6.22. The fourth-order valence-corrected chi connectivity index (χ4v) is 3.93. The Morgan fingerprint density at radius 2 is 1.66 bits per heavy atom. The fourth-order valence-electron chi connectivity index (χ4n) is 3.93. The highest BCUT2D eigenvalue weighted by Crippen LogP contribution is 2.26. The number of nitrogens with one attached hydrogen (secondary N) is 1. The van der Waals surface area contributed by atoms with E-state index in [1.165, 1.54) is 11.0 Å². The third-order valence-corrected chi connectivity index (χ3v) is 5.42. The number of amides is 4. The van der Waals surface area contributed by atoms with E-state index in [9.17, 15) is 19.2 Å². The molecule has 0 saturated carbocycles. The molecule has 4 amide bonds. The molecule has 0 unspecified atom stereocenters. The minimum absolute atomic E-state index is 0.0567. The van der Waals surface area contributed by atoms with E-state index in [0.29, 0.717) is 55.0 Å². The van der Waals surface area contributed by atoms with Crippen molar-refractivity contribution in [3.63, 3.8) is 0 Å². The van der Waals surface area contributed by atoms with Crippen LogP contribution < -0.4 is 5.32 Å². The smallest absolute Gasteiger partial charge is 0.261 e. The molecule has 156 valence electrons. The Hall–Kier alpha value is -2.70. The Balaban J connectivity index is 1.64. The summed E-state index contributed by atoms with van der Waals surface area (Å²) in [6.45, 7) is 8.70. The first kappa shape index (κ1) is 21.0. The molecule has 3 rings (SSSR count). The van der Waals surface area contributed by atoms with Crippen molar-refractivity contribution in [2.24, 2.45) is 5.92 Å². The standard InChI is InChI=1S/C22H29N3O4/c1-13(2)11-19(26)23-16-7-9-24(10-8-16)20(27)15-5-6-17-18(12-15)22(29)25(14(3)4)21(17)28/h5-6,12-14,16H,7-11H2,1-4H3,(H,23,26). The molecule has 29 heavy (non-hydrogen) atoms. The second-order valence-electron chi connectivity index (χ2n) is 8.57. The minimum Gasteiger partial charge on any atom is -0.353 e. The monoisotopic (exact) mass is 399 g/mol. The second kappa shape index (κ2) is 8.35. The zero-order valence-corrected chi connectivity index (χ0v) is 17.5. The second-order valence-corrected chi connectivity index (χ2v) is 8.57. The normalized spacial score (nSPS) is 17.3. The van der Waals surface area contributed by atoms with E-state index in [1.807, 2.05) is 13.8 Å². The van der Waals surface area contributed by atoms with Gasteiger partial charge in [0.2, 0.25) is 5.91 Å². The van der Waals surface area contributed by atoms with Crippen molar-refractivity contribution in [1.29, 1.82) is 0 Å². The van der Waals surface area contributed by atoms with Gasteiger partial charge in [-0.3, -0.25) is 24.1 Å². The Morgan fingerprint density at radius 1 is 1.03 bits per heavy atom. The van der Waals surface area contributed by atoms with Gasteiger partial charge in [-0.15, -0.1) is 0 Å². The first-order chi connectivity index (χ1) is 13.7. The maximum Gasteiger partial charge on any atom is 0.261 e. The van der Waals surface area contributed by atoms with Crippen LogP contribution in [0, 0.1) is 5.92 Å². The van der Waals surface area contributed by atoms with Gasteiger partial charge in [0.15, 0.2) is 0 Å². The maximum absolute atomic E-state index is 12.9. The van der Waals surface area contributed by atoms with Gasteiger partial charge in [0.25, 0.3) is 17.7 Å². The molecule has 7 nitrogen and oxygen atoms in total. The van der Waals surface area contributed by atoms with Crippen molar-refractivity contribution >= 4 is 23.6 Å². The summed E-state index contributed by atoms with van der Waals surface area (Å²) in [5.74, 6) is -0.430. The summed E-state index contributed by atoms with van der Waals surface area (Å²) in [5.41, 5.74) is 1.06. The van der Waals surface area contributed by atoms with Gasteiger partial charge in [0, 0.05) is 37.2 Å². The number of carbonyl (C=O) groups is 4. The molecule has 0 bridgehead atoms. The van der Waals surface area contributed by atoms with Gasteiger partial charge in [-0.2, -0.15) is 0 Å². The Bertz CT molecular complexity index is 838. The largest absolute Gasteiger partial charge is 0.353 e. The van der Waals surface area contributed by atoms with Crippen LogP contribution in [0.5, 0.6) is 0 Å². The molecule has 1 fully saturated rings. The van der Waals surface area contributed by atoms with Crippen molar-refractivity contribution in [1.82, 2.24) is 15.1 Å². The summed E-state index contributed by atoms with van der Waals surface area (Å²) in [7, 11) is 0. The van der Waals surface area contributed by atoms with Gasteiger partial charge in [0.05, 0.1) is 11.1 Å². The third kappa shape index (κ3) is 4.33. The molecule has 1 aromatic rings. The van der Waals surface area contributed by atoms with Gasteiger partial charge in [-0.05, 0) is 50.8 Å². The summed E-state index contributed by atoms with van der Waals surface area (Å²) in [6, 6.07) is 4.59. The van der Waals surface area contributed by atoms with Crippen LogP contribution in [0.25, 0.3) is 0 Å². The average Bonchev–Trinajstić information content (AvgIpc) is 2.91. The molecule has 0 spiro atoms. The molecular weight excluding hydrogens is 370 g/mol. The quantitative estimate of drug-likeness (QED) is 0.771. The summed E-state index contributed by atoms with van der Waals surface area (Å²) >= 11 is 0. The molecule has 7 heteroatoms. The Labute approximate surface area is 171 Å². The highest BCUT2D eigenvalue weighted by Gasteiger charge is 2.37. The first-order valence-corrected chi connectivity index (χ1v) is 10.3. The maximum atomic E-state index is 12.9. The number of benzene rings is 1. The molecule has 0 radical (unpaired) electrons. The predicted molar refractivity (Wildman–Crippen MR) is 109 cm³/mol. The number of piperidine rings is 1. The van der Waals surface area contributed by atoms with Gasteiger partial charge >= 0.3 is 0 Å². The lowest BCUT2D eigenvalue weighted by Gasteiger charge is -2.32. The number of nitrogens with zero attached hydrogens (tertiary/aromatic N) is 2. The topological polar surface area (TPSA) is 86.8 Å². The molecule has 2 aliphatic rings. The van der Waals surface area contributed by atoms with Crippen molar-refractivity contribution in [3.8, 4) is 0 Å². The molecule has 2 aliphatic heterocycles. The summed E-state index contributed by atoms with van der Waals surface area (Å²) in [5, 5.41) is 3.04. The van der Waals surface area contributed by atoms with Crippen LogP contribution in [0.4, 0.5) is 0 Å². The van der Waals surface area contributed by atoms with E-state index in [0.717, 1.165) is 0 Å². The van der Waals surface area contributed by atoms with Crippen LogP contribution in [-0.4, -0.2) is 58.6 Å². The van der Waals surface area contributed by atoms with Crippen molar-refractivity contribution in [2.45, 2.75) is 59.0 Å². The van der Waals surface area contributed by atoms with Crippen LogP contribution in [0.2, 0.25) is 0 Å². The van der Waals surface area contributed by atoms with E-state index in [1.54, 1.807) is 30.9 Å². The van der Waals surface area contributed by atoms with Crippen LogP contribution in [0.1, 0.15) is 78.0 Å². The molecule has 0 aliphatic carbocycles. The SMILES string of the molecule is CC(C)CC(=O)NC1CCN(C(=O)c2ccc3c(c2)C(=O)N(C(C)C)C3=O)CC1. The molecular formula is C22H29N3O4. The summed E-state index contributed by atoms with van der Waals surface area (Å²) < 4.78 is 0. The number of hydrogen-bond donors (Lipinski definition) is 1. The number of imide groups is 1. The Kier molecular flexibility index (Phi) is 6.05. The molecule has 0 aromatic heterocycles. The lowest BCUT2D eigenvalue weighted by molar-refractivity contribution is -0.122.